The first-order chi connectivity index (χ1) is 10.6. The van der Waals surface area contributed by atoms with Gasteiger partial charge in [-0.15, -0.1) is 0 Å². The third-order valence-electron chi connectivity index (χ3n) is 3.58. The molecular formula is C14H14N4O3S. The van der Waals surface area contributed by atoms with E-state index < -0.39 is 17.4 Å². The van der Waals surface area contributed by atoms with E-state index in [0.29, 0.717) is 23.4 Å². The van der Waals surface area contributed by atoms with Crippen molar-refractivity contribution < 1.29 is 14.7 Å². The summed E-state index contributed by atoms with van der Waals surface area (Å²) in [6.45, 7) is 0. The highest BCUT2D eigenvalue weighted by Crippen LogP contribution is 2.28. The summed E-state index contributed by atoms with van der Waals surface area (Å²) in [7, 11) is 0. The Bertz CT molecular complexity index is 696. The Labute approximate surface area is 130 Å². The van der Waals surface area contributed by atoms with E-state index in [1.807, 2.05) is 0 Å². The van der Waals surface area contributed by atoms with E-state index in [2.05, 4.69) is 15.4 Å². The van der Waals surface area contributed by atoms with Crippen molar-refractivity contribution in [1.29, 1.82) is 0 Å². The molecule has 1 aliphatic heterocycles. The summed E-state index contributed by atoms with van der Waals surface area (Å²) in [5.74, 6) is -0.271. The number of hydrogen-bond acceptors (Lipinski definition) is 5. The van der Waals surface area contributed by atoms with Gasteiger partial charge in [-0.3, -0.25) is 4.79 Å². The molecule has 1 atom stereocenters. The number of carboxylic acids is 1. The fourth-order valence-corrected chi connectivity index (χ4v) is 3.63. The van der Waals surface area contributed by atoms with Gasteiger partial charge in [0.25, 0.3) is 5.91 Å². The maximum atomic E-state index is 12.4. The Morgan fingerprint density at radius 2 is 2.27 bits per heavy atom. The molecule has 1 amide bonds. The van der Waals surface area contributed by atoms with E-state index in [1.165, 1.54) is 29.1 Å². The van der Waals surface area contributed by atoms with Crippen molar-refractivity contribution in [3.05, 3.63) is 42.5 Å². The van der Waals surface area contributed by atoms with Gasteiger partial charge in [0.1, 0.15) is 18.2 Å². The molecule has 0 bridgehead atoms. The van der Waals surface area contributed by atoms with Gasteiger partial charge < -0.3 is 10.4 Å². The molecule has 1 aliphatic rings. The molecule has 0 radical (unpaired) electrons. The van der Waals surface area contributed by atoms with Crippen LogP contribution >= 0.6 is 11.8 Å². The topological polar surface area (TPSA) is 97.1 Å². The Morgan fingerprint density at radius 3 is 2.91 bits per heavy atom. The summed E-state index contributed by atoms with van der Waals surface area (Å²) in [5, 5.41) is 16.1. The number of amides is 1. The molecule has 1 saturated heterocycles. The lowest BCUT2D eigenvalue weighted by Gasteiger charge is -2.24. The summed E-state index contributed by atoms with van der Waals surface area (Å²) in [5.41, 5.74) is -0.0915. The smallest absolute Gasteiger partial charge is 0.330 e. The van der Waals surface area contributed by atoms with Crippen LogP contribution in [0.1, 0.15) is 16.8 Å². The van der Waals surface area contributed by atoms with Crippen molar-refractivity contribution in [3.8, 4) is 5.69 Å². The first-order valence-corrected chi connectivity index (χ1v) is 7.85. The SMILES string of the molecule is O=C(NC1(C(=O)O)CCSC1)c1cccc(-n2cncn2)c1. The summed E-state index contributed by atoms with van der Waals surface area (Å²) in [6, 6.07) is 6.82. The van der Waals surface area contributed by atoms with Crippen LogP contribution in [0.25, 0.3) is 5.69 Å². The Kier molecular flexibility index (Phi) is 3.84. The zero-order valence-corrected chi connectivity index (χ0v) is 12.4. The van der Waals surface area contributed by atoms with Crippen LogP contribution < -0.4 is 5.32 Å². The molecule has 1 unspecified atom stereocenters. The quantitative estimate of drug-likeness (QED) is 0.871. The molecule has 0 spiro atoms. The normalized spacial score (nSPS) is 20.7. The summed E-state index contributed by atoms with van der Waals surface area (Å²) in [4.78, 5) is 27.8. The average molecular weight is 318 g/mol. The molecule has 1 aromatic heterocycles. The van der Waals surface area contributed by atoms with Crippen LogP contribution in [0.5, 0.6) is 0 Å². The van der Waals surface area contributed by atoms with Gasteiger partial charge in [0.05, 0.1) is 5.69 Å². The van der Waals surface area contributed by atoms with Crippen LogP contribution in [0.15, 0.2) is 36.9 Å². The van der Waals surface area contributed by atoms with Crippen molar-refractivity contribution in [2.45, 2.75) is 12.0 Å². The zero-order valence-electron chi connectivity index (χ0n) is 11.6. The van der Waals surface area contributed by atoms with Gasteiger partial charge in [-0.25, -0.2) is 14.5 Å². The fraction of sp³-hybridized carbons (Fsp3) is 0.286. The molecule has 8 heteroatoms. The summed E-state index contributed by atoms with van der Waals surface area (Å²) >= 11 is 1.53. The second-order valence-electron chi connectivity index (χ2n) is 5.03. The second-order valence-corrected chi connectivity index (χ2v) is 6.14. The molecule has 3 rings (SSSR count). The lowest BCUT2D eigenvalue weighted by atomic mass is 9.98. The molecule has 1 fully saturated rings. The van der Waals surface area contributed by atoms with Crippen LogP contribution in [-0.2, 0) is 4.79 Å². The number of aromatic nitrogens is 3. The second kappa shape index (κ2) is 5.80. The first-order valence-electron chi connectivity index (χ1n) is 6.69. The lowest BCUT2D eigenvalue weighted by molar-refractivity contribution is -0.143. The van der Waals surface area contributed by atoms with Crippen LogP contribution in [0.3, 0.4) is 0 Å². The predicted molar refractivity (Wildman–Crippen MR) is 81.1 cm³/mol. The molecule has 1 aromatic carbocycles. The van der Waals surface area contributed by atoms with Crippen LogP contribution in [0.2, 0.25) is 0 Å². The van der Waals surface area contributed by atoms with Gasteiger partial charge in [0.2, 0.25) is 0 Å². The number of carbonyl (C=O) groups excluding carboxylic acids is 1. The molecule has 114 valence electrons. The zero-order chi connectivity index (χ0) is 15.6. The number of hydrogen-bond donors (Lipinski definition) is 2. The van der Waals surface area contributed by atoms with Gasteiger partial charge in [0.15, 0.2) is 0 Å². The molecule has 0 aliphatic carbocycles. The number of carboxylic acid groups (broad SMARTS) is 1. The highest BCUT2D eigenvalue weighted by molar-refractivity contribution is 7.99. The monoisotopic (exact) mass is 318 g/mol. The first kappa shape index (κ1) is 14.6. The van der Waals surface area contributed by atoms with E-state index in [9.17, 15) is 14.7 Å². The minimum absolute atomic E-state index is 0.386. The largest absolute Gasteiger partial charge is 0.479 e. The molecular weight excluding hydrogens is 304 g/mol. The maximum absolute atomic E-state index is 12.4. The van der Waals surface area contributed by atoms with E-state index in [1.54, 1.807) is 24.3 Å². The van der Waals surface area contributed by atoms with Gasteiger partial charge in [-0.1, -0.05) is 6.07 Å². The number of rotatable bonds is 4. The fourth-order valence-electron chi connectivity index (χ4n) is 2.31. The Balaban J connectivity index is 1.83. The van der Waals surface area contributed by atoms with Crippen molar-refractivity contribution in [3.63, 3.8) is 0 Å². The van der Waals surface area contributed by atoms with Crippen molar-refractivity contribution in [2.75, 3.05) is 11.5 Å². The van der Waals surface area contributed by atoms with Gasteiger partial charge in [0, 0.05) is 11.3 Å². The van der Waals surface area contributed by atoms with Crippen LogP contribution in [-0.4, -0.2) is 48.8 Å². The Morgan fingerprint density at radius 1 is 1.41 bits per heavy atom. The predicted octanol–water partition coefficient (Wildman–Crippen LogP) is 0.957. The minimum Gasteiger partial charge on any atom is -0.479 e. The van der Waals surface area contributed by atoms with E-state index in [4.69, 9.17) is 0 Å². The van der Waals surface area contributed by atoms with Crippen molar-refractivity contribution in [1.82, 2.24) is 20.1 Å². The highest BCUT2D eigenvalue weighted by atomic mass is 32.2. The molecule has 22 heavy (non-hydrogen) atoms. The van der Waals surface area contributed by atoms with Crippen LogP contribution in [0, 0.1) is 0 Å². The highest BCUT2D eigenvalue weighted by Gasteiger charge is 2.43. The minimum atomic E-state index is -1.18. The van der Waals surface area contributed by atoms with Crippen molar-refractivity contribution in [2.24, 2.45) is 0 Å². The lowest BCUT2D eigenvalue weighted by Crippen LogP contribution is -2.54. The van der Waals surface area contributed by atoms with E-state index in [-0.39, 0.29) is 0 Å². The molecule has 0 saturated carbocycles. The van der Waals surface area contributed by atoms with E-state index in [0.717, 1.165) is 5.75 Å². The van der Waals surface area contributed by atoms with E-state index >= 15 is 0 Å². The average Bonchev–Trinajstić information content (AvgIpc) is 3.19. The molecule has 7 nitrogen and oxygen atoms in total. The number of carbonyl (C=O) groups is 2. The summed E-state index contributed by atoms with van der Waals surface area (Å²) in [6.07, 6.45) is 3.37. The standard InChI is InChI=1S/C14H14N4O3S/c19-12(17-14(13(20)21)4-5-22-7-14)10-2-1-3-11(6-10)18-9-15-8-16-18/h1-3,6,8-9H,4-5,7H2,(H,17,19)(H,20,21). The Hall–Kier alpha value is -2.35. The molecule has 2 aromatic rings. The van der Waals surface area contributed by atoms with Crippen molar-refractivity contribution >= 4 is 23.6 Å². The van der Waals surface area contributed by atoms with Gasteiger partial charge in [-0.2, -0.15) is 16.9 Å². The van der Waals surface area contributed by atoms with Gasteiger partial charge >= 0.3 is 5.97 Å². The van der Waals surface area contributed by atoms with Gasteiger partial charge in [-0.05, 0) is 30.4 Å². The number of nitrogens with one attached hydrogen (secondary N) is 1. The molecule has 2 heterocycles. The number of thioether (sulfide) groups is 1. The number of aliphatic carboxylic acids is 1. The third-order valence-corrected chi connectivity index (χ3v) is 4.77. The third kappa shape index (κ3) is 2.69. The molecule has 2 N–H and O–H groups in total. The van der Waals surface area contributed by atoms with Crippen LogP contribution in [0.4, 0.5) is 0 Å². The number of nitrogens with zero attached hydrogens (tertiary/aromatic N) is 3. The summed E-state index contributed by atoms with van der Waals surface area (Å²) < 4.78 is 1.54. The number of benzene rings is 1. The maximum Gasteiger partial charge on any atom is 0.330 e.